The van der Waals surface area contributed by atoms with E-state index in [-0.39, 0.29) is 6.04 Å². The molecule has 1 aliphatic heterocycles. The topological polar surface area (TPSA) is 38.2 Å². The van der Waals surface area contributed by atoms with Crippen LogP contribution in [0, 0.1) is 3.57 Å². The highest BCUT2D eigenvalue weighted by molar-refractivity contribution is 14.1. The molecule has 0 aromatic carbocycles. The van der Waals surface area contributed by atoms with E-state index < -0.39 is 0 Å². The Labute approximate surface area is 107 Å². The number of rotatable bonds is 2. The van der Waals surface area contributed by atoms with Crippen molar-refractivity contribution in [3.63, 3.8) is 0 Å². The van der Waals surface area contributed by atoms with E-state index in [2.05, 4.69) is 37.5 Å². The Morgan fingerprint density at radius 2 is 2.27 bits per heavy atom. The van der Waals surface area contributed by atoms with Gasteiger partial charge in [0, 0.05) is 28.4 Å². The van der Waals surface area contributed by atoms with Crippen molar-refractivity contribution >= 4 is 40.1 Å². The Morgan fingerprint density at radius 1 is 1.53 bits per heavy atom. The summed E-state index contributed by atoms with van der Waals surface area (Å²) < 4.78 is 6.40. The summed E-state index contributed by atoms with van der Waals surface area (Å²) >= 11 is 8.07. The molecule has 1 aromatic rings. The average molecular weight is 340 g/mol. The summed E-state index contributed by atoms with van der Waals surface area (Å²) in [5.74, 6) is 1.28. The van der Waals surface area contributed by atoms with Crippen molar-refractivity contribution in [2.75, 3.05) is 30.5 Å². The van der Waals surface area contributed by atoms with Gasteiger partial charge in [-0.3, -0.25) is 0 Å². The van der Waals surface area contributed by atoms with Crippen LogP contribution in [0.5, 0.6) is 0 Å². The summed E-state index contributed by atoms with van der Waals surface area (Å²) in [4.78, 5) is 10.7. The minimum Gasteiger partial charge on any atom is -0.377 e. The second-order valence-corrected chi connectivity index (χ2v) is 4.83. The highest BCUT2D eigenvalue weighted by Crippen LogP contribution is 2.16. The Kier molecular flexibility index (Phi) is 3.99. The van der Waals surface area contributed by atoms with Crippen LogP contribution in [0.3, 0.4) is 0 Å². The number of alkyl halides is 1. The third-order valence-electron chi connectivity index (χ3n) is 2.27. The molecule has 1 aliphatic rings. The fourth-order valence-electron chi connectivity index (χ4n) is 1.50. The van der Waals surface area contributed by atoms with E-state index in [1.165, 1.54) is 0 Å². The van der Waals surface area contributed by atoms with Gasteiger partial charge < -0.3 is 9.64 Å². The quantitative estimate of drug-likeness (QED) is 0.605. The molecule has 0 spiro atoms. The van der Waals surface area contributed by atoms with Gasteiger partial charge in [0.05, 0.1) is 19.3 Å². The molecule has 1 saturated heterocycles. The van der Waals surface area contributed by atoms with Crippen molar-refractivity contribution in [2.24, 2.45) is 0 Å². The Balaban J connectivity index is 2.16. The first kappa shape index (κ1) is 11.3. The average Bonchev–Trinajstić information content (AvgIpc) is 2.30. The maximum atomic E-state index is 5.88. The Morgan fingerprint density at radius 3 is 2.93 bits per heavy atom. The Hall–Kier alpha value is -0.140. The summed E-state index contributed by atoms with van der Waals surface area (Å²) in [6.07, 6.45) is 3.62. The van der Waals surface area contributed by atoms with Gasteiger partial charge in [0.15, 0.2) is 0 Å². The lowest BCUT2D eigenvalue weighted by Gasteiger charge is -2.34. The number of hydrogen-bond donors (Lipinski definition) is 0. The van der Waals surface area contributed by atoms with Gasteiger partial charge in [0.1, 0.15) is 0 Å². The van der Waals surface area contributed by atoms with Crippen molar-refractivity contribution in [2.45, 2.75) is 6.04 Å². The summed E-state index contributed by atoms with van der Waals surface area (Å²) in [5, 5.41) is 0. The highest BCUT2D eigenvalue weighted by atomic mass is 127. The van der Waals surface area contributed by atoms with Gasteiger partial charge in [-0.2, -0.15) is 0 Å². The van der Waals surface area contributed by atoms with Gasteiger partial charge in [-0.05, 0) is 22.6 Å². The van der Waals surface area contributed by atoms with E-state index in [1.54, 1.807) is 0 Å². The molecule has 0 radical (unpaired) electrons. The third kappa shape index (κ3) is 2.70. The molecule has 1 unspecified atom stereocenters. The first-order valence-electron chi connectivity index (χ1n) is 4.69. The minimum absolute atomic E-state index is 0.181. The smallest absolute Gasteiger partial charge is 0.225 e. The SMILES string of the molecule is ClCC1COCCN1c1ncc(I)cn1. The van der Waals surface area contributed by atoms with Crippen LogP contribution in [-0.4, -0.2) is 41.6 Å². The maximum absolute atomic E-state index is 5.88. The lowest BCUT2D eigenvalue weighted by Crippen LogP contribution is -2.47. The molecule has 0 N–H and O–H groups in total. The molecule has 1 atom stereocenters. The largest absolute Gasteiger partial charge is 0.377 e. The molecule has 0 aliphatic carbocycles. The normalized spacial score (nSPS) is 21.7. The van der Waals surface area contributed by atoms with Crippen LogP contribution in [0.4, 0.5) is 5.95 Å². The van der Waals surface area contributed by atoms with E-state index in [9.17, 15) is 0 Å². The predicted octanol–water partition coefficient (Wildman–Crippen LogP) is 1.53. The summed E-state index contributed by atoms with van der Waals surface area (Å²) in [5.41, 5.74) is 0. The predicted molar refractivity (Wildman–Crippen MR) is 67.4 cm³/mol. The molecule has 15 heavy (non-hydrogen) atoms. The lowest BCUT2D eigenvalue weighted by molar-refractivity contribution is 0.0989. The number of morpholine rings is 1. The summed E-state index contributed by atoms with van der Waals surface area (Å²) in [6, 6.07) is 0.181. The zero-order valence-electron chi connectivity index (χ0n) is 8.07. The van der Waals surface area contributed by atoms with Crippen molar-refractivity contribution in [3.05, 3.63) is 16.0 Å². The second kappa shape index (κ2) is 5.27. The lowest BCUT2D eigenvalue weighted by atomic mass is 10.3. The third-order valence-corrected chi connectivity index (χ3v) is 3.18. The van der Waals surface area contributed by atoms with Crippen molar-refractivity contribution in [1.82, 2.24) is 9.97 Å². The molecular formula is C9H11ClIN3O. The molecule has 0 amide bonds. The fraction of sp³-hybridized carbons (Fsp3) is 0.556. The van der Waals surface area contributed by atoms with Gasteiger partial charge in [0.2, 0.25) is 5.95 Å². The second-order valence-electron chi connectivity index (χ2n) is 3.28. The molecule has 0 bridgehead atoms. The van der Waals surface area contributed by atoms with Gasteiger partial charge in [-0.15, -0.1) is 11.6 Å². The number of hydrogen-bond acceptors (Lipinski definition) is 4. The molecule has 4 nitrogen and oxygen atoms in total. The van der Waals surface area contributed by atoms with E-state index in [0.717, 1.165) is 16.1 Å². The summed E-state index contributed by atoms with van der Waals surface area (Å²) in [6.45, 7) is 2.17. The zero-order valence-corrected chi connectivity index (χ0v) is 11.0. The number of ether oxygens (including phenoxy) is 1. The van der Waals surface area contributed by atoms with Crippen LogP contribution in [0.25, 0.3) is 0 Å². The monoisotopic (exact) mass is 339 g/mol. The van der Waals surface area contributed by atoms with Gasteiger partial charge in [-0.1, -0.05) is 0 Å². The van der Waals surface area contributed by atoms with Crippen molar-refractivity contribution in [3.8, 4) is 0 Å². The number of nitrogens with zero attached hydrogens (tertiary/aromatic N) is 3. The highest BCUT2D eigenvalue weighted by Gasteiger charge is 2.24. The number of aromatic nitrogens is 2. The van der Waals surface area contributed by atoms with E-state index >= 15 is 0 Å². The van der Waals surface area contributed by atoms with E-state index in [0.29, 0.717) is 19.1 Å². The molecular weight excluding hydrogens is 328 g/mol. The Bertz CT molecular complexity index is 322. The first-order valence-corrected chi connectivity index (χ1v) is 6.30. The first-order chi connectivity index (χ1) is 7.31. The molecule has 82 valence electrons. The molecule has 2 heterocycles. The fourth-order valence-corrected chi connectivity index (χ4v) is 2.03. The molecule has 0 saturated carbocycles. The molecule has 1 fully saturated rings. The summed E-state index contributed by atoms with van der Waals surface area (Å²) in [7, 11) is 0. The van der Waals surface area contributed by atoms with Gasteiger partial charge in [-0.25, -0.2) is 9.97 Å². The van der Waals surface area contributed by atoms with Crippen LogP contribution in [0.15, 0.2) is 12.4 Å². The van der Waals surface area contributed by atoms with Gasteiger partial charge in [0.25, 0.3) is 0 Å². The molecule has 6 heteroatoms. The molecule has 2 rings (SSSR count). The molecule has 1 aromatic heterocycles. The van der Waals surface area contributed by atoms with E-state index in [4.69, 9.17) is 16.3 Å². The van der Waals surface area contributed by atoms with Crippen LogP contribution in [0.1, 0.15) is 0 Å². The maximum Gasteiger partial charge on any atom is 0.225 e. The van der Waals surface area contributed by atoms with Gasteiger partial charge >= 0.3 is 0 Å². The standard InChI is InChI=1S/C9H11ClIN3O/c10-3-8-6-15-2-1-14(8)9-12-4-7(11)5-13-9/h4-5,8H,1-3,6H2. The van der Waals surface area contributed by atoms with Crippen LogP contribution < -0.4 is 4.90 Å². The van der Waals surface area contributed by atoms with Crippen LogP contribution >= 0.6 is 34.2 Å². The van der Waals surface area contributed by atoms with E-state index in [1.807, 2.05) is 12.4 Å². The van der Waals surface area contributed by atoms with Crippen molar-refractivity contribution in [1.29, 1.82) is 0 Å². The van der Waals surface area contributed by atoms with Crippen LogP contribution in [0.2, 0.25) is 0 Å². The number of anilines is 1. The minimum atomic E-state index is 0.181. The van der Waals surface area contributed by atoms with Crippen LogP contribution in [-0.2, 0) is 4.74 Å². The zero-order chi connectivity index (χ0) is 10.7. The van der Waals surface area contributed by atoms with Crippen molar-refractivity contribution < 1.29 is 4.74 Å². The number of halogens is 2.